The van der Waals surface area contributed by atoms with E-state index >= 15 is 4.79 Å². The van der Waals surface area contributed by atoms with Crippen molar-refractivity contribution >= 4 is 34.5 Å². The number of fused-ring (bicyclic) bond motifs is 6. The zero-order valence-electron chi connectivity index (χ0n) is 36.8. The molecule has 10 rings (SSSR count). The van der Waals surface area contributed by atoms with Crippen molar-refractivity contribution in [3.8, 4) is 5.75 Å². The molecule has 7 heterocycles. The quantitative estimate of drug-likeness (QED) is 0.138. The summed E-state index contributed by atoms with van der Waals surface area (Å²) in [6.45, 7) is 11.1. The number of nitrogens with one attached hydrogen (secondary N) is 1. The maximum atomic E-state index is 15.5. The average molecular weight is 837 g/mol. The summed E-state index contributed by atoms with van der Waals surface area (Å²) in [5.74, 6) is -1.08. The standard InChI is InChI=1S/C48H60N4O9/c1-9-29-13-14-35-32(21-29)31-15-19-51-26-30(24-43(56,10-2)27-51)25-45(38(31)49-35,41(54)58-7)34-22-33-36(23-37(34)57-6)50(5)48-46(33)17-20-52-18-12-16-44(11-3,39(46)52)40(60-28(4)53)47(48,61-48)42(55)59-8/h12-14,16,21-23,30,39-40,49,56H,9-11,15,17-20,24-27H2,1-8H3/t30-,39+,40-,43+,44-,45+,46-,47+,48+/m1/s1. The Morgan fingerprint density at radius 3 is 2.46 bits per heavy atom. The van der Waals surface area contributed by atoms with Gasteiger partial charge in [-0.1, -0.05) is 39.0 Å². The number of carbonyl (C=O) groups excluding carboxylic acids is 3. The first kappa shape index (κ1) is 40.6. The van der Waals surface area contributed by atoms with E-state index in [9.17, 15) is 14.7 Å². The normalized spacial score (nSPS) is 37.9. The van der Waals surface area contributed by atoms with E-state index in [4.69, 9.17) is 23.7 Å². The monoisotopic (exact) mass is 836 g/mol. The molecule has 3 saturated heterocycles. The summed E-state index contributed by atoms with van der Waals surface area (Å²) in [6.07, 6.45) is 7.53. The lowest BCUT2D eigenvalue weighted by atomic mass is 9.49. The number of aryl methyl sites for hydroxylation is 1. The second-order valence-electron chi connectivity index (χ2n) is 19.0. The van der Waals surface area contributed by atoms with E-state index in [-0.39, 0.29) is 12.0 Å². The summed E-state index contributed by atoms with van der Waals surface area (Å²) in [4.78, 5) is 53.9. The predicted octanol–water partition coefficient (Wildman–Crippen LogP) is 4.92. The van der Waals surface area contributed by atoms with Gasteiger partial charge in [0.15, 0.2) is 11.8 Å². The molecule has 10 atom stereocenters. The first-order valence-corrected chi connectivity index (χ1v) is 22.3. The molecule has 2 bridgehead atoms. The van der Waals surface area contributed by atoms with E-state index < -0.39 is 57.2 Å². The first-order chi connectivity index (χ1) is 29.2. The fourth-order valence-electron chi connectivity index (χ4n) is 14.2. The maximum Gasteiger partial charge on any atom is 0.347 e. The molecule has 4 fully saturated rings. The predicted molar refractivity (Wildman–Crippen MR) is 228 cm³/mol. The molecule has 0 amide bonds. The van der Waals surface area contributed by atoms with E-state index in [1.165, 1.54) is 26.7 Å². The van der Waals surface area contributed by atoms with Crippen molar-refractivity contribution in [3.63, 3.8) is 0 Å². The summed E-state index contributed by atoms with van der Waals surface area (Å²) < 4.78 is 31.6. The zero-order chi connectivity index (χ0) is 43.1. The minimum absolute atomic E-state index is 0.0809. The first-order valence-electron chi connectivity index (χ1n) is 22.3. The number of rotatable bonds is 8. The molecule has 2 N–H and O–H groups in total. The Balaban J connectivity index is 1.29. The van der Waals surface area contributed by atoms with Crippen molar-refractivity contribution in [2.24, 2.45) is 11.3 Å². The van der Waals surface area contributed by atoms with Crippen LogP contribution in [0, 0.1) is 11.3 Å². The molecule has 0 radical (unpaired) electrons. The topological polar surface area (TPSA) is 146 Å². The van der Waals surface area contributed by atoms with Gasteiger partial charge in [0.1, 0.15) is 11.2 Å². The van der Waals surface area contributed by atoms with Crippen LogP contribution in [0.2, 0.25) is 0 Å². The van der Waals surface area contributed by atoms with Gasteiger partial charge in [-0.05, 0) is 92.3 Å². The zero-order valence-corrected chi connectivity index (χ0v) is 36.8. The number of methoxy groups -OCH3 is 3. The number of likely N-dealkylation sites (N-methyl/N-ethyl adjacent to an activating group) is 1. The average Bonchev–Trinajstić information content (AvgIpc) is 3.51. The van der Waals surface area contributed by atoms with Gasteiger partial charge < -0.3 is 38.7 Å². The molecule has 1 unspecified atom stereocenters. The molecule has 2 aromatic carbocycles. The number of esters is 3. The van der Waals surface area contributed by atoms with Gasteiger partial charge in [-0.2, -0.15) is 0 Å². The summed E-state index contributed by atoms with van der Waals surface area (Å²) in [5, 5.41) is 13.1. The number of hydrogen-bond acceptors (Lipinski definition) is 12. The van der Waals surface area contributed by atoms with Crippen LogP contribution in [-0.2, 0) is 57.0 Å². The van der Waals surface area contributed by atoms with Crippen molar-refractivity contribution in [2.75, 3.05) is 66.0 Å². The van der Waals surface area contributed by atoms with Crippen LogP contribution in [0.5, 0.6) is 5.75 Å². The van der Waals surface area contributed by atoms with Crippen LogP contribution in [0.1, 0.15) is 87.7 Å². The number of epoxide rings is 1. The van der Waals surface area contributed by atoms with Crippen LogP contribution in [0.25, 0.3) is 10.9 Å². The highest BCUT2D eigenvalue weighted by Gasteiger charge is 2.98. The highest BCUT2D eigenvalue weighted by atomic mass is 16.7. The van der Waals surface area contributed by atoms with Crippen molar-refractivity contribution < 1.29 is 43.2 Å². The van der Waals surface area contributed by atoms with Crippen molar-refractivity contribution in [1.82, 2.24) is 14.8 Å². The summed E-state index contributed by atoms with van der Waals surface area (Å²) in [5.41, 5.74) is -0.509. The number of piperidine rings is 1. The maximum absolute atomic E-state index is 15.5. The lowest BCUT2D eigenvalue weighted by molar-refractivity contribution is -0.178. The SMILES string of the molecule is CCc1ccc2[nH]c3c(c2c1)CCN1C[C@H](C[C@@](O)(CC)C1)C[C@]3(C(=O)OC)c1cc2c(cc1OC)N(C)[C@@]13O[C@]1(C(=O)OC)[C@H](OC(C)=O)[C@]1(CC)C=CCN4CC[C@]23[C@@H]41. The number of aliphatic hydroxyl groups is 1. The van der Waals surface area contributed by atoms with E-state index in [2.05, 4.69) is 69.9 Å². The number of benzene rings is 2. The molecule has 326 valence electrons. The second-order valence-corrected chi connectivity index (χ2v) is 19.0. The van der Waals surface area contributed by atoms with Gasteiger partial charge >= 0.3 is 17.9 Å². The fourth-order valence-corrected chi connectivity index (χ4v) is 14.2. The third kappa shape index (κ3) is 4.84. The molecule has 6 aliphatic heterocycles. The molecule has 1 saturated carbocycles. The number of H-pyrrole nitrogens is 1. The lowest BCUT2D eigenvalue weighted by Crippen LogP contribution is -2.75. The molecular weight excluding hydrogens is 777 g/mol. The van der Waals surface area contributed by atoms with Crippen molar-refractivity contribution in [2.45, 2.75) is 113 Å². The number of nitrogens with zero attached hydrogens (tertiary/aromatic N) is 3. The third-order valence-electron chi connectivity index (χ3n) is 16.6. The molecule has 13 heteroatoms. The number of ether oxygens (including phenoxy) is 5. The Morgan fingerprint density at radius 1 is 0.984 bits per heavy atom. The summed E-state index contributed by atoms with van der Waals surface area (Å²) in [6, 6.07) is 10.4. The molecule has 1 aromatic heterocycles. The van der Waals surface area contributed by atoms with Gasteiger partial charge in [0.05, 0.1) is 32.3 Å². The summed E-state index contributed by atoms with van der Waals surface area (Å²) >= 11 is 0. The second kappa shape index (κ2) is 13.5. The number of aromatic nitrogens is 1. The minimum Gasteiger partial charge on any atom is -0.496 e. The third-order valence-corrected chi connectivity index (χ3v) is 16.6. The summed E-state index contributed by atoms with van der Waals surface area (Å²) in [7, 11) is 6.40. The molecule has 13 nitrogen and oxygen atoms in total. The largest absolute Gasteiger partial charge is 0.496 e. The van der Waals surface area contributed by atoms with Gasteiger partial charge in [-0.15, -0.1) is 0 Å². The van der Waals surface area contributed by atoms with Gasteiger partial charge in [0.25, 0.3) is 5.60 Å². The highest BCUT2D eigenvalue weighted by molar-refractivity contribution is 5.96. The van der Waals surface area contributed by atoms with Gasteiger partial charge in [0, 0.05) is 85.5 Å². The van der Waals surface area contributed by atoms with Crippen LogP contribution < -0.4 is 9.64 Å². The smallest absolute Gasteiger partial charge is 0.347 e. The minimum atomic E-state index is -1.66. The Bertz CT molecular complexity index is 2400. The lowest BCUT2D eigenvalue weighted by Gasteiger charge is -2.58. The van der Waals surface area contributed by atoms with Gasteiger partial charge in [0.2, 0.25) is 0 Å². The van der Waals surface area contributed by atoms with E-state index in [0.717, 1.165) is 52.9 Å². The van der Waals surface area contributed by atoms with Gasteiger partial charge in [-0.3, -0.25) is 19.4 Å². The Labute approximate surface area is 357 Å². The van der Waals surface area contributed by atoms with E-state index in [1.54, 1.807) is 7.11 Å². The molecule has 7 aliphatic rings. The van der Waals surface area contributed by atoms with E-state index in [0.29, 0.717) is 69.5 Å². The number of hydrogen-bond donors (Lipinski definition) is 2. The number of anilines is 1. The molecular formula is C48H60N4O9. The van der Waals surface area contributed by atoms with Crippen LogP contribution in [0.15, 0.2) is 42.5 Å². The molecule has 2 spiro atoms. The highest BCUT2D eigenvalue weighted by Crippen LogP contribution is 2.80. The van der Waals surface area contributed by atoms with Gasteiger partial charge in [-0.25, -0.2) is 4.79 Å². The van der Waals surface area contributed by atoms with Crippen LogP contribution >= 0.6 is 0 Å². The Morgan fingerprint density at radius 2 is 1.77 bits per heavy atom. The van der Waals surface area contributed by atoms with Crippen molar-refractivity contribution in [1.29, 1.82) is 0 Å². The number of carbonyl (C=O) groups is 3. The van der Waals surface area contributed by atoms with Crippen molar-refractivity contribution in [3.05, 3.63) is 70.4 Å². The fraction of sp³-hybridized carbons (Fsp3) is 0.604. The molecule has 61 heavy (non-hydrogen) atoms. The Hall–Kier alpha value is -4.43. The molecule has 3 aromatic rings. The Kier molecular flexibility index (Phi) is 9.02. The van der Waals surface area contributed by atoms with Crippen LogP contribution in [-0.4, -0.2) is 128 Å². The van der Waals surface area contributed by atoms with Crippen LogP contribution in [0.3, 0.4) is 0 Å². The number of aromatic amines is 1. The van der Waals surface area contributed by atoms with E-state index in [1.807, 2.05) is 20.0 Å². The molecule has 1 aliphatic carbocycles. The van der Waals surface area contributed by atoms with Crippen LogP contribution in [0.4, 0.5) is 5.69 Å².